The molecular formula is C13H26O5. The van der Waals surface area contributed by atoms with Crippen LogP contribution in [-0.2, 0) is 23.7 Å². The fourth-order valence-electron chi connectivity index (χ4n) is 0.883. The van der Waals surface area contributed by atoms with Crippen LogP contribution in [0.25, 0.3) is 0 Å². The Labute approximate surface area is 110 Å². The van der Waals surface area contributed by atoms with E-state index in [1.165, 1.54) is 0 Å². The molecule has 108 valence electrons. The first-order chi connectivity index (χ1) is 8.43. The zero-order valence-electron chi connectivity index (χ0n) is 10.3. The number of rotatable bonds is 10. The SMILES string of the molecule is C.C1CO1.C=CCOCCOCCOCC1CO1. The lowest BCUT2D eigenvalue weighted by atomic mass is 10.5. The molecule has 2 rings (SSSR count). The minimum absolute atomic E-state index is 0. The average Bonchev–Trinajstić information content (AvgIpc) is 3.21. The first kappa shape index (κ1) is 17.5. The van der Waals surface area contributed by atoms with Gasteiger partial charge in [-0.25, -0.2) is 0 Å². The second-order valence-corrected chi connectivity index (χ2v) is 3.62. The van der Waals surface area contributed by atoms with Gasteiger partial charge in [0.15, 0.2) is 0 Å². The van der Waals surface area contributed by atoms with Gasteiger partial charge in [0.1, 0.15) is 6.10 Å². The summed E-state index contributed by atoms with van der Waals surface area (Å²) < 4.78 is 25.2. The van der Waals surface area contributed by atoms with Gasteiger partial charge in [0, 0.05) is 0 Å². The van der Waals surface area contributed by atoms with Crippen LogP contribution < -0.4 is 0 Å². The van der Waals surface area contributed by atoms with Crippen LogP contribution in [0.5, 0.6) is 0 Å². The van der Waals surface area contributed by atoms with Crippen LogP contribution in [0.1, 0.15) is 7.43 Å². The van der Waals surface area contributed by atoms with Gasteiger partial charge < -0.3 is 23.7 Å². The molecule has 0 saturated carbocycles. The van der Waals surface area contributed by atoms with Crippen molar-refractivity contribution in [2.24, 2.45) is 0 Å². The molecule has 0 aromatic carbocycles. The summed E-state index contributed by atoms with van der Waals surface area (Å²) in [5.74, 6) is 0. The van der Waals surface area contributed by atoms with E-state index in [0.717, 1.165) is 19.8 Å². The van der Waals surface area contributed by atoms with Crippen LogP contribution in [0.3, 0.4) is 0 Å². The Bertz CT molecular complexity index is 177. The van der Waals surface area contributed by atoms with Gasteiger partial charge in [-0.05, 0) is 0 Å². The lowest BCUT2D eigenvalue weighted by molar-refractivity contribution is 0.0164. The Balaban J connectivity index is 0.000000629. The molecule has 5 heteroatoms. The molecule has 0 amide bonds. The van der Waals surface area contributed by atoms with E-state index in [4.69, 9.17) is 18.9 Å². The number of hydrogen-bond acceptors (Lipinski definition) is 5. The molecular weight excluding hydrogens is 236 g/mol. The lowest BCUT2D eigenvalue weighted by Crippen LogP contribution is -2.11. The summed E-state index contributed by atoms with van der Waals surface area (Å²) in [6.07, 6.45) is 2.06. The maximum absolute atomic E-state index is 5.28. The molecule has 2 fully saturated rings. The van der Waals surface area contributed by atoms with E-state index in [9.17, 15) is 0 Å². The molecule has 5 nitrogen and oxygen atoms in total. The second-order valence-electron chi connectivity index (χ2n) is 3.62. The van der Waals surface area contributed by atoms with Crippen molar-refractivity contribution < 1.29 is 23.7 Å². The third kappa shape index (κ3) is 15.5. The predicted octanol–water partition coefficient (Wildman–Crippen LogP) is 1.27. The van der Waals surface area contributed by atoms with Gasteiger partial charge in [-0.2, -0.15) is 0 Å². The van der Waals surface area contributed by atoms with Gasteiger partial charge in [0.2, 0.25) is 0 Å². The van der Waals surface area contributed by atoms with Gasteiger partial charge in [-0.3, -0.25) is 0 Å². The Kier molecular flexibility index (Phi) is 12.7. The smallest absolute Gasteiger partial charge is 0.104 e. The Morgan fingerprint density at radius 2 is 1.61 bits per heavy atom. The van der Waals surface area contributed by atoms with Crippen molar-refractivity contribution in [1.82, 2.24) is 0 Å². The molecule has 0 bridgehead atoms. The topological polar surface area (TPSA) is 52.8 Å². The molecule has 0 aliphatic carbocycles. The zero-order valence-corrected chi connectivity index (χ0v) is 10.3. The van der Waals surface area contributed by atoms with Crippen LogP contribution in [0.4, 0.5) is 0 Å². The van der Waals surface area contributed by atoms with E-state index in [-0.39, 0.29) is 7.43 Å². The zero-order chi connectivity index (χ0) is 12.2. The van der Waals surface area contributed by atoms with E-state index in [1.807, 2.05) is 0 Å². The molecule has 0 aromatic heterocycles. The van der Waals surface area contributed by atoms with E-state index in [0.29, 0.717) is 45.7 Å². The monoisotopic (exact) mass is 262 g/mol. The summed E-state index contributed by atoms with van der Waals surface area (Å²) in [6, 6.07) is 0. The van der Waals surface area contributed by atoms with Crippen molar-refractivity contribution in [3.05, 3.63) is 12.7 Å². The van der Waals surface area contributed by atoms with Crippen molar-refractivity contribution >= 4 is 0 Å². The fraction of sp³-hybridized carbons (Fsp3) is 0.846. The molecule has 0 radical (unpaired) electrons. The van der Waals surface area contributed by atoms with Crippen molar-refractivity contribution in [3.63, 3.8) is 0 Å². The third-order valence-electron chi connectivity index (χ3n) is 1.89. The van der Waals surface area contributed by atoms with Crippen molar-refractivity contribution in [2.75, 3.05) is 59.5 Å². The van der Waals surface area contributed by atoms with Crippen molar-refractivity contribution in [1.29, 1.82) is 0 Å². The van der Waals surface area contributed by atoms with Crippen molar-refractivity contribution in [2.45, 2.75) is 13.5 Å². The predicted molar refractivity (Wildman–Crippen MR) is 69.9 cm³/mol. The quantitative estimate of drug-likeness (QED) is 0.337. The highest BCUT2D eigenvalue weighted by Crippen LogP contribution is 2.07. The minimum Gasteiger partial charge on any atom is -0.377 e. The van der Waals surface area contributed by atoms with Crippen LogP contribution in [0, 0.1) is 0 Å². The van der Waals surface area contributed by atoms with Crippen molar-refractivity contribution in [3.8, 4) is 0 Å². The molecule has 0 aromatic rings. The van der Waals surface area contributed by atoms with Gasteiger partial charge in [0.05, 0.1) is 59.5 Å². The second kappa shape index (κ2) is 13.0. The first-order valence-electron chi connectivity index (χ1n) is 5.97. The Hall–Kier alpha value is -0.460. The fourth-order valence-corrected chi connectivity index (χ4v) is 0.883. The van der Waals surface area contributed by atoms with Crippen LogP contribution in [0.2, 0.25) is 0 Å². The highest BCUT2D eigenvalue weighted by molar-refractivity contribution is 4.66. The summed E-state index contributed by atoms with van der Waals surface area (Å²) in [7, 11) is 0. The number of hydrogen-bond donors (Lipinski definition) is 0. The average molecular weight is 262 g/mol. The first-order valence-corrected chi connectivity index (χ1v) is 5.97. The largest absolute Gasteiger partial charge is 0.377 e. The minimum atomic E-state index is 0. The molecule has 18 heavy (non-hydrogen) atoms. The molecule has 0 N–H and O–H groups in total. The molecule has 2 heterocycles. The summed E-state index contributed by atoms with van der Waals surface area (Å²) in [6.45, 7) is 10.1. The van der Waals surface area contributed by atoms with Crippen LogP contribution >= 0.6 is 0 Å². The van der Waals surface area contributed by atoms with Crippen LogP contribution in [0.15, 0.2) is 12.7 Å². The maximum Gasteiger partial charge on any atom is 0.104 e. The van der Waals surface area contributed by atoms with Gasteiger partial charge in [0.25, 0.3) is 0 Å². The molecule has 2 aliphatic rings. The number of ether oxygens (including phenoxy) is 5. The third-order valence-corrected chi connectivity index (χ3v) is 1.89. The van der Waals surface area contributed by atoms with E-state index in [2.05, 4.69) is 11.3 Å². The van der Waals surface area contributed by atoms with E-state index < -0.39 is 0 Å². The highest BCUT2D eigenvalue weighted by atomic mass is 16.6. The van der Waals surface area contributed by atoms with E-state index in [1.54, 1.807) is 6.08 Å². The Morgan fingerprint density at radius 3 is 2.11 bits per heavy atom. The summed E-state index contributed by atoms with van der Waals surface area (Å²) in [5.41, 5.74) is 0. The number of epoxide rings is 2. The summed E-state index contributed by atoms with van der Waals surface area (Å²) >= 11 is 0. The standard InChI is InChI=1S/C10H18O4.C2H4O.CH4/c1-2-3-11-4-5-12-6-7-13-8-10-9-14-10;1-2-3-1;/h2,10H,1,3-9H2;1-2H2;1H4. The maximum atomic E-state index is 5.28. The lowest BCUT2D eigenvalue weighted by Gasteiger charge is -2.04. The van der Waals surface area contributed by atoms with Gasteiger partial charge >= 0.3 is 0 Å². The van der Waals surface area contributed by atoms with E-state index >= 15 is 0 Å². The molecule has 0 spiro atoms. The molecule has 1 atom stereocenters. The van der Waals surface area contributed by atoms with Gasteiger partial charge in [-0.1, -0.05) is 13.5 Å². The molecule has 2 saturated heterocycles. The normalized spacial score (nSPS) is 19.2. The van der Waals surface area contributed by atoms with Crippen LogP contribution in [-0.4, -0.2) is 65.6 Å². The molecule has 2 aliphatic heterocycles. The summed E-state index contributed by atoms with van der Waals surface area (Å²) in [4.78, 5) is 0. The van der Waals surface area contributed by atoms with Gasteiger partial charge in [-0.15, -0.1) is 6.58 Å². The Morgan fingerprint density at radius 1 is 1.06 bits per heavy atom. The highest BCUT2D eigenvalue weighted by Gasteiger charge is 2.21. The molecule has 1 unspecified atom stereocenters. The summed E-state index contributed by atoms with van der Waals surface area (Å²) in [5, 5.41) is 0.